The Morgan fingerprint density at radius 2 is 1.30 bits per heavy atom. The third kappa shape index (κ3) is 2.14. The molecule has 5 nitrogen and oxygen atoms in total. The van der Waals surface area contributed by atoms with Gasteiger partial charge in [0.25, 0.3) is 0 Å². The number of aryl methyl sites for hydroxylation is 2. The van der Waals surface area contributed by atoms with Crippen LogP contribution in [0.3, 0.4) is 0 Å². The molecule has 20 heavy (non-hydrogen) atoms. The summed E-state index contributed by atoms with van der Waals surface area (Å²) in [5.74, 6) is 0. The largest absolute Gasteiger partial charge is 0.312 e. The van der Waals surface area contributed by atoms with E-state index in [-0.39, 0.29) is 0 Å². The Morgan fingerprint density at radius 3 is 1.90 bits per heavy atom. The van der Waals surface area contributed by atoms with Crippen molar-refractivity contribution >= 4 is 16.7 Å². The van der Waals surface area contributed by atoms with Gasteiger partial charge in [0, 0.05) is 14.1 Å². The molecule has 0 amide bonds. The summed E-state index contributed by atoms with van der Waals surface area (Å²) in [6.07, 6.45) is 0. The topological polar surface area (TPSA) is 46.9 Å². The molecule has 0 aliphatic carbocycles. The van der Waals surface area contributed by atoms with E-state index in [4.69, 9.17) is 0 Å². The molecule has 0 N–H and O–H groups in total. The molecule has 0 unspecified atom stereocenters. The molecule has 0 bridgehead atoms. The predicted octanol–water partition coefficient (Wildman–Crippen LogP) is 3.12. The van der Waals surface area contributed by atoms with Crippen molar-refractivity contribution in [1.29, 1.82) is 0 Å². The quantitative estimate of drug-likeness (QED) is 0.505. The lowest BCUT2D eigenvalue weighted by Crippen LogP contribution is -2.21. The summed E-state index contributed by atoms with van der Waals surface area (Å²) in [6.45, 7) is 0. The van der Waals surface area contributed by atoms with E-state index in [9.17, 15) is 0 Å². The van der Waals surface area contributed by atoms with E-state index < -0.39 is 0 Å². The highest BCUT2D eigenvalue weighted by molar-refractivity contribution is 5.75. The summed E-state index contributed by atoms with van der Waals surface area (Å²) >= 11 is 0. The van der Waals surface area contributed by atoms with Crippen LogP contribution in [0, 0.1) is 0 Å². The summed E-state index contributed by atoms with van der Waals surface area (Å²) < 4.78 is 4.00. The summed E-state index contributed by atoms with van der Waals surface area (Å²) in [6, 6.07) is 17.7. The Hall–Kier alpha value is -2.69. The minimum atomic E-state index is 0.755. The number of aromatic nitrogens is 2. The molecule has 0 saturated heterocycles. The Morgan fingerprint density at radius 1 is 0.750 bits per heavy atom. The van der Waals surface area contributed by atoms with E-state index in [1.54, 1.807) is 0 Å². The predicted molar refractivity (Wildman–Crippen MR) is 78.4 cm³/mol. The Labute approximate surface area is 116 Å². The zero-order valence-corrected chi connectivity index (χ0v) is 11.4. The molecule has 0 spiro atoms. The summed E-state index contributed by atoms with van der Waals surface area (Å²) in [7, 11) is 3.94. The van der Waals surface area contributed by atoms with Crippen molar-refractivity contribution in [1.82, 2.24) is 9.13 Å². The minimum absolute atomic E-state index is 0.755. The van der Waals surface area contributed by atoms with Crippen LogP contribution < -0.4 is 5.62 Å². The summed E-state index contributed by atoms with van der Waals surface area (Å²) in [5.41, 5.74) is 3.77. The van der Waals surface area contributed by atoms with Gasteiger partial charge in [0.2, 0.25) is 5.62 Å². The maximum atomic E-state index is 4.22. The highest BCUT2D eigenvalue weighted by Gasteiger charge is 2.04. The molecule has 1 aromatic heterocycles. The van der Waals surface area contributed by atoms with E-state index in [1.165, 1.54) is 0 Å². The van der Waals surface area contributed by atoms with Gasteiger partial charge in [-0.25, -0.2) is 0 Å². The van der Waals surface area contributed by atoms with Gasteiger partial charge >= 0.3 is 0 Å². The number of nitrogens with zero attached hydrogens (tertiary/aromatic N) is 5. The Balaban J connectivity index is 2.06. The number of para-hydroxylation sites is 2. The van der Waals surface area contributed by atoms with Gasteiger partial charge in [-0.15, -0.1) is 5.11 Å². The zero-order valence-electron chi connectivity index (χ0n) is 11.4. The number of hydrogen-bond donors (Lipinski definition) is 0. The molecule has 0 aliphatic rings. The van der Waals surface area contributed by atoms with Gasteiger partial charge < -0.3 is 9.13 Å². The van der Waals surface area contributed by atoms with Gasteiger partial charge in [-0.1, -0.05) is 35.4 Å². The van der Waals surface area contributed by atoms with Crippen LogP contribution >= 0.6 is 0 Å². The van der Waals surface area contributed by atoms with E-state index in [0.29, 0.717) is 0 Å². The molecule has 1 heterocycles. The molecule has 3 rings (SSSR count). The van der Waals surface area contributed by atoms with E-state index >= 15 is 0 Å². The van der Waals surface area contributed by atoms with E-state index in [1.807, 2.05) is 65.7 Å². The molecule has 3 aromatic rings. The summed E-state index contributed by atoms with van der Waals surface area (Å²) in [5, 5.41) is 12.2. The summed E-state index contributed by atoms with van der Waals surface area (Å²) in [4.78, 5) is 0. The van der Waals surface area contributed by atoms with Crippen LogP contribution in [0.15, 0.2) is 70.0 Å². The molecule has 0 radical (unpaired) electrons. The van der Waals surface area contributed by atoms with Gasteiger partial charge in [0.1, 0.15) is 0 Å². The van der Waals surface area contributed by atoms with Crippen LogP contribution in [0.5, 0.6) is 0 Å². The minimum Gasteiger partial charge on any atom is -0.312 e. The molecule has 100 valence electrons. The number of benzene rings is 2. The second-order valence-corrected chi connectivity index (χ2v) is 4.53. The lowest BCUT2D eigenvalue weighted by atomic mass is 10.3. The first kappa shape index (κ1) is 12.3. The first-order valence-electron chi connectivity index (χ1n) is 6.37. The van der Waals surface area contributed by atoms with E-state index in [0.717, 1.165) is 22.3 Å². The maximum absolute atomic E-state index is 4.22. The number of imidazole rings is 1. The average Bonchev–Trinajstić information content (AvgIpc) is 2.74. The lowest BCUT2D eigenvalue weighted by Gasteiger charge is -1.92. The molecule has 0 atom stereocenters. The van der Waals surface area contributed by atoms with Gasteiger partial charge in [0.05, 0.1) is 16.7 Å². The lowest BCUT2D eigenvalue weighted by molar-refractivity contribution is 0.734. The first-order valence-corrected chi connectivity index (χ1v) is 6.37. The van der Waals surface area contributed by atoms with Gasteiger partial charge in [-0.05, 0) is 29.5 Å². The highest BCUT2D eigenvalue weighted by atomic mass is 15.4. The van der Waals surface area contributed by atoms with Crippen molar-refractivity contribution in [3.05, 3.63) is 60.2 Å². The fourth-order valence-corrected chi connectivity index (χ4v) is 2.21. The fourth-order valence-electron chi connectivity index (χ4n) is 2.21. The van der Waals surface area contributed by atoms with Crippen molar-refractivity contribution < 1.29 is 0 Å². The standard InChI is InChI=1S/C15H15N5/c1-19-13-10-6-7-11-14(13)20(2)15(19)17-18-16-12-8-4-3-5-9-12/h3-11H,1-2H3. The van der Waals surface area contributed by atoms with Crippen LogP contribution in [-0.4, -0.2) is 9.13 Å². The second-order valence-electron chi connectivity index (χ2n) is 4.53. The normalized spacial score (nSPS) is 11.3. The molecule has 2 aromatic carbocycles. The molecule has 0 aliphatic heterocycles. The Bertz CT molecular complexity index is 782. The number of fused-ring (bicyclic) bond motifs is 1. The van der Waals surface area contributed by atoms with Crippen molar-refractivity contribution in [3.63, 3.8) is 0 Å². The van der Waals surface area contributed by atoms with Crippen molar-refractivity contribution in [2.45, 2.75) is 0 Å². The maximum Gasteiger partial charge on any atom is 0.232 e. The van der Waals surface area contributed by atoms with Crippen molar-refractivity contribution in [2.75, 3.05) is 0 Å². The van der Waals surface area contributed by atoms with Crippen LogP contribution in [0.2, 0.25) is 0 Å². The monoisotopic (exact) mass is 265 g/mol. The Kier molecular flexibility index (Phi) is 3.16. The van der Waals surface area contributed by atoms with Gasteiger partial charge in [-0.3, -0.25) is 0 Å². The molecule has 0 fully saturated rings. The van der Waals surface area contributed by atoms with Crippen LogP contribution in [0.1, 0.15) is 0 Å². The molecular weight excluding hydrogens is 250 g/mol. The fraction of sp³-hybridized carbons (Fsp3) is 0.133. The second kappa shape index (κ2) is 5.13. The highest BCUT2D eigenvalue weighted by Crippen LogP contribution is 2.11. The van der Waals surface area contributed by atoms with Crippen LogP contribution in [-0.2, 0) is 14.1 Å². The number of rotatable bonds is 2. The average molecular weight is 265 g/mol. The molecule has 5 heteroatoms. The number of hydrogen-bond acceptors (Lipinski definition) is 2. The van der Waals surface area contributed by atoms with Crippen molar-refractivity contribution in [2.24, 2.45) is 29.5 Å². The first-order chi connectivity index (χ1) is 9.77. The third-order valence-electron chi connectivity index (χ3n) is 3.25. The van der Waals surface area contributed by atoms with Crippen LogP contribution in [0.4, 0.5) is 5.69 Å². The van der Waals surface area contributed by atoms with Crippen LogP contribution in [0.25, 0.3) is 11.0 Å². The van der Waals surface area contributed by atoms with Gasteiger partial charge in [-0.2, -0.15) is 0 Å². The van der Waals surface area contributed by atoms with E-state index in [2.05, 4.69) is 27.6 Å². The molecular formula is C15H15N5. The SMILES string of the molecule is Cn1c(=NN=Nc2ccccc2)n(C)c2ccccc21. The van der Waals surface area contributed by atoms with Crippen molar-refractivity contribution in [3.8, 4) is 0 Å². The smallest absolute Gasteiger partial charge is 0.232 e. The third-order valence-corrected chi connectivity index (χ3v) is 3.25. The van der Waals surface area contributed by atoms with Gasteiger partial charge in [0.15, 0.2) is 0 Å². The zero-order chi connectivity index (χ0) is 13.9. The molecule has 0 saturated carbocycles.